The number of benzene rings is 1. The van der Waals surface area contributed by atoms with Crippen molar-refractivity contribution in [1.29, 1.82) is 0 Å². The van der Waals surface area contributed by atoms with Crippen LogP contribution in [0.4, 0.5) is 5.69 Å². The molecule has 0 aliphatic rings. The molecule has 0 fully saturated rings. The molecule has 2 N–H and O–H groups in total. The number of carbonyl (C=O) groups is 1. The van der Waals surface area contributed by atoms with Gasteiger partial charge in [-0.25, -0.2) is 8.42 Å². The molecule has 1 rings (SSSR count). The van der Waals surface area contributed by atoms with Crippen molar-refractivity contribution in [1.82, 2.24) is 0 Å². The number of sulfonamides is 1. The summed E-state index contributed by atoms with van der Waals surface area (Å²) in [7, 11) is -2.81. The van der Waals surface area contributed by atoms with Gasteiger partial charge in [-0.15, -0.1) is 0 Å². The topological polar surface area (TPSA) is 92.7 Å². The van der Waals surface area contributed by atoms with E-state index in [2.05, 4.69) is 21.3 Å². The summed E-state index contributed by atoms with van der Waals surface area (Å²) in [6, 6.07) is 4.33. The van der Waals surface area contributed by atoms with Crippen molar-refractivity contribution < 1.29 is 23.1 Å². The Hall–Kier alpha value is -1.75. The van der Waals surface area contributed by atoms with E-state index < -0.39 is 21.7 Å². The summed E-state index contributed by atoms with van der Waals surface area (Å²) in [5.74, 6) is 3.27. The van der Waals surface area contributed by atoms with Crippen LogP contribution < -0.4 is 4.72 Å². The molecule has 0 aliphatic heterocycles. The maximum atomic E-state index is 11.7. The van der Waals surface area contributed by atoms with Gasteiger partial charge in [0.2, 0.25) is 10.0 Å². The van der Waals surface area contributed by atoms with E-state index in [0.29, 0.717) is 10.6 Å². The third kappa shape index (κ3) is 5.09. The molecule has 20 heavy (non-hydrogen) atoms. The highest BCUT2D eigenvalue weighted by Gasteiger charge is 2.18. The van der Waals surface area contributed by atoms with E-state index >= 15 is 0 Å². The van der Waals surface area contributed by atoms with E-state index in [-0.39, 0.29) is 12.3 Å². The number of ether oxygens (including phenoxy) is 1. The summed E-state index contributed by atoms with van der Waals surface area (Å²) < 4.78 is 30.0. The third-order valence-electron chi connectivity index (χ3n) is 2.08. The second kappa shape index (κ2) is 7.14. The van der Waals surface area contributed by atoms with Crippen molar-refractivity contribution in [3.05, 3.63) is 28.8 Å². The largest absolute Gasteiger partial charge is 0.468 e. The minimum Gasteiger partial charge on any atom is -0.468 e. The molecule has 0 amide bonds. The quantitative estimate of drug-likeness (QED) is 0.626. The second-order valence-corrected chi connectivity index (χ2v) is 5.75. The van der Waals surface area contributed by atoms with Crippen molar-refractivity contribution >= 4 is 33.3 Å². The molecule has 6 nitrogen and oxygen atoms in total. The number of methoxy groups -OCH3 is 1. The molecule has 0 bridgehead atoms. The molecule has 0 radical (unpaired) electrons. The summed E-state index contributed by atoms with van der Waals surface area (Å²) in [5.41, 5.74) is 0.458. The summed E-state index contributed by atoms with van der Waals surface area (Å²) in [6.45, 7) is -0.374. The minimum absolute atomic E-state index is 0.166. The first-order chi connectivity index (χ1) is 9.38. The summed E-state index contributed by atoms with van der Waals surface area (Å²) in [5, 5.41) is 9.03. The lowest BCUT2D eigenvalue weighted by atomic mass is 10.2. The number of halogens is 1. The van der Waals surface area contributed by atoms with Gasteiger partial charge in [-0.3, -0.25) is 9.52 Å². The van der Waals surface area contributed by atoms with Crippen LogP contribution in [0.5, 0.6) is 0 Å². The molecule has 0 aliphatic carbocycles. The van der Waals surface area contributed by atoms with Crippen LogP contribution in [0.3, 0.4) is 0 Å². The van der Waals surface area contributed by atoms with Gasteiger partial charge in [0.1, 0.15) is 6.61 Å². The molecule has 0 heterocycles. The fourth-order valence-corrected chi connectivity index (χ4v) is 2.45. The normalized spacial score (nSPS) is 10.3. The highest BCUT2D eigenvalue weighted by Crippen LogP contribution is 2.21. The Bertz CT molecular complexity index is 660. The van der Waals surface area contributed by atoms with Crippen LogP contribution in [0.25, 0.3) is 0 Å². The summed E-state index contributed by atoms with van der Waals surface area (Å²) in [6.07, 6.45) is 0. The van der Waals surface area contributed by atoms with E-state index in [0.717, 1.165) is 7.11 Å². The number of hydrogen-bond donors (Lipinski definition) is 2. The van der Waals surface area contributed by atoms with Gasteiger partial charge in [-0.1, -0.05) is 23.4 Å². The lowest BCUT2D eigenvalue weighted by molar-refractivity contribution is -0.137. The van der Waals surface area contributed by atoms with Gasteiger partial charge >= 0.3 is 5.97 Å². The average molecular weight is 318 g/mol. The lowest BCUT2D eigenvalue weighted by Crippen LogP contribution is -2.24. The molecule has 0 saturated heterocycles. The van der Waals surface area contributed by atoms with E-state index in [1.54, 1.807) is 0 Å². The molecule has 0 saturated carbocycles. The van der Waals surface area contributed by atoms with Crippen molar-refractivity contribution in [3.63, 3.8) is 0 Å². The Morgan fingerprint density at radius 2 is 2.20 bits per heavy atom. The van der Waals surface area contributed by atoms with Gasteiger partial charge in [-0.2, -0.15) is 0 Å². The van der Waals surface area contributed by atoms with E-state index in [1.807, 2.05) is 0 Å². The van der Waals surface area contributed by atoms with Gasteiger partial charge in [0.15, 0.2) is 5.75 Å². The molecule has 0 spiro atoms. The van der Waals surface area contributed by atoms with E-state index in [1.165, 1.54) is 18.2 Å². The fraction of sp³-hybridized carbons (Fsp3) is 0.250. The molecule has 0 aromatic heterocycles. The second-order valence-electron chi connectivity index (χ2n) is 3.59. The van der Waals surface area contributed by atoms with Crippen LogP contribution in [-0.2, 0) is 19.6 Å². The maximum Gasteiger partial charge on any atom is 0.322 e. The Morgan fingerprint density at radius 3 is 2.80 bits per heavy atom. The number of nitrogens with one attached hydrogen (secondary N) is 1. The fourth-order valence-electron chi connectivity index (χ4n) is 1.26. The predicted octanol–water partition coefficient (Wildman–Crippen LogP) is 0.598. The number of aliphatic hydroxyl groups excluding tert-OH is 1. The number of esters is 1. The van der Waals surface area contributed by atoms with Gasteiger partial charge < -0.3 is 9.84 Å². The van der Waals surface area contributed by atoms with Crippen LogP contribution in [0, 0.1) is 11.8 Å². The Labute approximate surface area is 121 Å². The zero-order chi connectivity index (χ0) is 15.2. The zero-order valence-corrected chi connectivity index (χ0v) is 12.1. The van der Waals surface area contributed by atoms with Crippen molar-refractivity contribution in [2.45, 2.75) is 0 Å². The molecule has 0 unspecified atom stereocenters. The predicted molar refractivity (Wildman–Crippen MR) is 74.8 cm³/mol. The number of hydrogen-bond acceptors (Lipinski definition) is 5. The molecule has 0 atom stereocenters. The highest BCUT2D eigenvalue weighted by atomic mass is 35.5. The summed E-state index contributed by atoms with van der Waals surface area (Å²) in [4.78, 5) is 11.0. The van der Waals surface area contributed by atoms with Crippen LogP contribution in [0.15, 0.2) is 18.2 Å². The molecule has 1 aromatic carbocycles. The highest BCUT2D eigenvalue weighted by molar-refractivity contribution is 7.93. The third-order valence-corrected chi connectivity index (χ3v) is 3.47. The van der Waals surface area contributed by atoms with Crippen LogP contribution in [-0.4, -0.2) is 39.0 Å². The monoisotopic (exact) mass is 317 g/mol. The Morgan fingerprint density at radius 1 is 1.50 bits per heavy atom. The smallest absolute Gasteiger partial charge is 0.322 e. The first-order valence-corrected chi connectivity index (χ1v) is 7.37. The summed E-state index contributed by atoms with van der Waals surface area (Å²) >= 11 is 5.79. The SMILES string of the molecule is COC(=O)CS(=O)(=O)Nc1ccc(Cl)cc1C#CCO. The first-order valence-electron chi connectivity index (χ1n) is 5.34. The van der Waals surface area contributed by atoms with Gasteiger partial charge in [0.25, 0.3) is 0 Å². The molecular formula is C12H12ClNO5S. The Kier molecular flexibility index (Phi) is 5.82. The molecule has 8 heteroatoms. The van der Waals surface area contributed by atoms with Crippen molar-refractivity contribution in [3.8, 4) is 11.8 Å². The van der Waals surface area contributed by atoms with Crippen LogP contribution >= 0.6 is 11.6 Å². The molecule has 108 valence electrons. The maximum absolute atomic E-state index is 11.7. The van der Waals surface area contributed by atoms with Crippen molar-refractivity contribution in [2.24, 2.45) is 0 Å². The lowest BCUT2D eigenvalue weighted by Gasteiger charge is -2.09. The number of anilines is 1. The molecule has 1 aromatic rings. The van der Waals surface area contributed by atoms with Crippen LogP contribution in [0.2, 0.25) is 5.02 Å². The number of rotatable bonds is 4. The minimum atomic E-state index is -3.90. The number of aliphatic hydroxyl groups is 1. The van der Waals surface area contributed by atoms with Gasteiger partial charge in [0, 0.05) is 5.02 Å². The standard InChI is InChI=1S/C12H12ClNO5S/c1-19-12(16)8-20(17,18)14-11-5-4-10(13)7-9(11)3-2-6-15/h4-5,7,14-15H,6,8H2,1H3. The molecular weight excluding hydrogens is 306 g/mol. The number of carbonyl (C=O) groups excluding carboxylic acids is 1. The van der Waals surface area contributed by atoms with Crippen LogP contribution in [0.1, 0.15) is 5.56 Å². The van der Waals surface area contributed by atoms with E-state index in [9.17, 15) is 13.2 Å². The van der Waals surface area contributed by atoms with E-state index in [4.69, 9.17) is 16.7 Å². The Balaban J connectivity index is 3.05. The first kappa shape index (κ1) is 16.3. The van der Waals surface area contributed by atoms with Crippen molar-refractivity contribution in [2.75, 3.05) is 24.2 Å². The van der Waals surface area contributed by atoms with Gasteiger partial charge in [-0.05, 0) is 18.2 Å². The average Bonchev–Trinajstić information content (AvgIpc) is 2.38. The van der Waals surface area contributed by atoms with Gasteiger partial charge in [0.05, 0.1) is 18.4 Å². The zero-order valence-electron chi connectivity index (χ0n) is 10.5.